The van der Waals surface area contributed by atoms with E-state index in [4.69, 9.17) is 10.9 Å². The number of hydrogen-bond donors (Lipinski definition) is 2. The van der Waals surface area contributed by atoms with Gasteiger partial charge in [-0.2, -0.15) is 0 Å². The third-order valence-electron chi connectivity index (χ3n) is 0.893. The summed E-state index contributed by atoms with van der Waals surface area (Å²) in [4.78, 5) is 0. The minimum atomic E-state index is 0.419. The molecule has 1 aromatic rings. The Labute approximate surface area is 51.0 Å². The summed E-state index contributed by atoms with van der Waals surface area (Å²) in [7, 11) is 0. The van der Waals surface area contributed by atoms with Crippen molar-refractivity contribution in [2.45, 2.75) is 6.92 Å². The average molecular weight is 131 g/mol. The van der Waals surface area contributed by atoms with Crippen molar-refractivity contribution in [1.82, 2.24) is 0 Å². The minimum absolute atomic E-state index is 0.419. The summed E-state index contributed by atoms with van der Waals surface area (Å²) in [5.41, 5.74) is 6.04. The van der Waals surface area contributed by atoms with Gasteiger partial charge in [0.15, 0.2) is 5.69 Å². The molecule has 0 aliphatic heterocycles. The van der Waals surface area contributed by atoms with Crippen LogP contribution in [0.4, 0.5) is 5.13 Å². The van der Waals surface area contributed by atoms with Crippen molar-refractivity contribution >= 4 is 16.5 Å². The molecule has 0 unspecified atom stereocenters. The number of aromatic nitrogens is 1. The van der Waals surface area contributed by atoms with Crippen LogP contribution in [0.3, 0.4) is 0 Å². The Bertz CT molecular complexity index is 176. The van der Waals surface area contributed by atoms with Gasteiger partial charge < -0.3 is 5.21 Å². The molecule has 0 bridgehead atoms. The molecule has 3 N–H and O–H groups in total. The smallest absolute Gasteiger partial charge is 0.349 e. The minimum Gasteiger partial charge on any atom is -0.349 e. The summed E-state index contributed by atoms with van der Waals surface area (Å²) in [5, 5.41) is 11.1. The van der Waals surface area contributed by atoms with Gasteiger partial charge in [-0.3, -0.25) is 5.73 Å². The molecular weight excluding hydrogens is 124 g/mol. The van der Waals surface area contributed by atoms with Gasteiger partial charge >= 0.3 is 5.13 Å². The van der Waals surface area contributed by atoms with E-state index in [0.29, 0.717) is 5.13 Å². The van der Waals surface area contributed by atoms with Gasteiger partial charge in [-0.05, 0) is 4.73 Å². The first-order valence-corrected chi connectivity index (χ1v) is 3.04. The fourth-order valence-corrected chi connectivity index (χ4v) is 1.05. The highest BCUT2D eigenvalue weighted by molar-refractivity contribution is 7.13. The highest BCUT2D eigenvalue weighted by Gasteiger charge is 2.06. The van der Waals surface area contributed by atoms with Crippen molar-refractivity contribution in [2.24, 2.45) is 0 Å². The molecule has 0 saturated heterocycles. The number of nitrogens with two attached hydrogens (primary N) is 1. The predicted octanol–water partition coefficient (Wildman–Crippen LogP) is 0.164. The molecule has 0 radical (unpaired) electrons. The first kappa shape index (κ1) is 5.37. The van der Waals surface area contributed by atoms with Crippen molar-refractivity contribution < 1.29 is 9.94 Å². The molecule has 0 spiro atoms. The van der Waals surface area contributed by atoms with Gasteiger partial charge in [0.25, 0.3) is 0 Å². The Kier molecular flexibility index (Phi) is 1.09. The van der Waals surface area contributed by atoms with Crippen LogP contribution < -0.4 is 10.5 Å². The van der Waals surface area contributed by atoms with Gasteiger partial charge in [0, 0.05) is 12.3 Å². The Morgan fingerprint density at radius 1 is 1.88 bits per heavy atom. The second-order valence-electron chi connectivity index (χ2n) is 1.53. The zero-order valence-corrected chi connectivity index (χ0v) is 5.27. The number of nitrogens with zero attached hydrogens (tertiary/aromatic N) is 1. The quantitative estimate of drug-likeness (QED) is 0.389. The van der Waals surface area contributed by atoms with E-state index >= 15 is 0 Å². The highest BCUT2D eigenvalue weighted by atomic mass is 32.1. The summed E-state index contributed by atoms with van der Waals surface area (Å²) in [5.74, 6) is 0. The van der Waals surface area contributed by atoms with Crippen LogP contribution in [-0.2, 0) is 0 Å². The topological polar surface area (TPSA) is 50.1 Å². The molecule has 0 fully saturated rings. The molecule has 3 nitrogen and oxygen atoms in total. The second kappa shape index (κ2) is 1.63. The Morgan fingerprint density at radius 3 is 2.62 bits per heavy atom. The van der Waals surface area contributed by atoms with Gasteiger partial charge in [-0.1, -0.05) is 11.3 Å². The SMILES string of the molecule is Cc1csc(N)[n+]1O. The van der Waals surface area contributed by atoms with E-state index in [-0.39, 0.29) is 0 Å². The normalized spacial score (nSPS) is 9.62. The second-order valence-corrected chi connectivity index (χ2v) is 2.42. The van der Waals surface area contributed by atoms with Gasteiger partial charge in [-0.15, -0.1) is 0 Å². The molecule has 0 atom stereocenters. The Balaban J connectivity index is 3.19. The Hall–Kier alpha value is -0.770. The van der Waals surface area contributed by atoms with Crippen LogP contribution in [0.2, 0.25) is 0 Å². The van der Waals surface area contributed by atoms with Gasteiger partial charge in [-0.25, -0.2) is 0 Å². The molecule has 8 heavy (non-hydrogen) atoms. The summed E-state index contributed by atoms with van der Waals surface area (Å²) in [6.45, 7) is 1.78. The van der Waals surface area contributed by atoms with Crippen molar-refractivity contribution in [3.63, 3.8) is 0 Å². The molecule has 0 amide bonds. The fraction of sp³-hybridized carbons (Fsp3) is 0.250. The van der Waals surface area contributed by atoms with E-state index in [1.807, 2.05) is 0 Å². The lowest BCUT2D eigenvalue weighted by Crippen LogP contribution is -2.33. The third kappa shape index (κ3) is 0.626. The molecule has 1 aromatic heterocycles. The first-order chi connectivity index (χ1) is 3.72. The summed E-state index contributed by atoms with van der Waals surface area (Å²) in [6.07, 6.45) is 0. The number of thiazole rings is 1. The van der Waals surface area contributed by atoms with Crippen LogP contribution in [0.15, 0.2) is 5.38 Å². The zero-order chi connectivity index (χ0) is 6.15. The van der Waals surface area contributed by atoms with E-state index < -0.39 is 0 Å². The maximum Gasteiger partial charge on any atom is 0.371 e. The lowest BCUT2D eigenvalue weighted by Gasteiger charge is -1.81. The molecule has 0 aliphatic carbocycles. The zero-order valence-electron chi connectivity index (χ0n) is 4.46. The monoisotopic (exact) mass is 131 g/mol. The predicted molar refractivity (Wildman–Crippen MR) is 30.8 cm³/mol. The van der Waals surface area contributed by atoms with Crippen LogP contribution in [0, 0.1) is 6.92 Å². The maximum atomic E-state index is 8.85. The molecule has 0 aromatic carbocycles. The van der Waals surface area contributed by atoms with Gasteiger partial charge in [0.2, 0.25) is 0 Å². The lowest BCUT2D eigenvalue weighted by atomic mass is 10.6. The lowest BCUT2D eigenvalue weighted by molar-refractivity contribution is -0.894. The van der Waals surface area contributed by atoms with E-state index in [0.717, 1.165) is 10.4 Å². The van der Waals surface area contributed by atoms with E-state index in [1.165, 1.54) is 11.3 Å². The fourth-order valence-electron chi connectivity index (χ4n) is 0.419. The van der Waals surface area contributed by atoms with Crippen molar-refractivity contribution in [3.05, 3.63) is 11.1 Å². The van der Waals surface area contributed by atoms with Gasteiger partial charge in [0.1, 0.15) is 0 Å². The molecule has 1 heterocycles. The largest absolute Gasteiger partial charge is 0.371 e. The number of nitrogen functional groups attached to an aromatic ring is 1. The van der Waals surface area contributed by atoms with Crippen LogP contribution >= 0.6 is 11.3 Å². The molecule has 0 aliphatic rings. The van der Waals surface area contributed by atoms with Crippen LogP contribution in [0.5, 0.6) is 0 Å². The van der Waals surface area contributed by atoms with Crippen LogP contribution in [-0.4, -0.2) is 5.21 Å². The molecule has 1 rings (SSSR count). The Morgan fingerprint density at radius 2 is 2.50 bits per heavy atom. The van der Waals surface area contributed by atoms with E-state index in [1.54, 1.807) is 12.3 Å². The molecule has 44 valence electrons. The molecule has 4 heteroatoms. The molecular formula is C4H7N2OS+. The van der Waals surface area contributed by atoms with Crippen LogP contribution in [0.1, 0.15) is 5.69 Å². The average Bonchev–Trinajstić information content (AvgIpc) is 1.98. The summed E-state index contributed by atoms with van der Waals surface area (Å²) >= 11 is 1.32. The summed E-state index contributed by atoms with van der Waals surface area (Å²) in [6, 6.07) is 0. The third-order valence-corrected chi connectivity index (χ3v) is 1.77. The van der Waals surface area contributed by atoms with Crippen LogP contribution in [0.25, 0.3) is 0 Å². The highest BCUT2D eigenvalue weighted by Crippen LogP contribution is 2.05. The number of anilines is 1. The first-order valence-electron chi connectivity index (χ1n) is 2.16. The van der Waals surface area contributed by atoms with Crippen molar-refractivity contribution in [2.75, 3.05) is 5.73 Å². The van der Waals surface area contributed by atoms with Gasteiger partial charge in [0.05, 0.1) is 0 Å². The van der Waals surface area contributed by atoms with E-state index in [9.17, 15) is 0 Å². The summed E-state index contributed by atoms with van der Waals surface area (Å²) < 4.78 is 0.963. The standard InChI is InChI=1S/C4H6N2OS/c1-3-2-8-4(5)6(3)7/h2,5,7H,1H3/p+1. The molecule has 0 saturated carbocycles. The van der Waals surface area contributed by atoms with Crippen molar-refractivity contribution in [1.29, 1.82) is 0 Å². The number of rotatable bonds is 0. The number of aryl methyl sites for hydroxylation is 1. The van der Waals surface area contributed by atoms with Crippen molar-refractivity contribution in [3.8, 4) is 0 Å². The number of hydrogen-bond acceptors (Lipinski definition) is 3. The maximum absolute atomic E-state index is 8.85. The van der Waals surface area contributed by atoms with E-state index in [2.05, 4.69) is 0 Å².